The van der Waals surface area contributed by atoms with Gasteiger partial charge in [0.25, 0.3) is 5.56 Å². The Morgan fingerprint density at radius 2 is 2.03 bits per heavy atom. The van der Waals surface area contributed by atoms with Crippen LogP contribution in [0.2, 0.25) is 0 Å². The van der Waals surface area contributed by atoms with Gasteiger partial charge in [-0.3, -0.25) is 14.2 Å². The van der Waals surface area contributed by atoms with Crippen molar-refractivity contribution in [2.75, 3.05) is 50.7 Å². The maximum absolute atomic E-state index is 12.9. The van der Waals surface area contributed by atoms with Gasteiger partial charge in [0.1, 0.15) is 23.7 Å². The van der Waals surface area contributed by atoms with E-state index >= 15 is 0 Å². The van der Waals surface area contributed by atoms with Crippen molar-refractivity contribution in [1.29, 1.82) is 0 Å². The van der Waals surface area contributed by atoms with Gasteiger partial charge in [-0.1, -0.05) is 0 Å². The van der Waals surface area contributed by atoms with E-state index in [9.17, 15) is 14.7 Å². The van der Waals surface area contributed by atoms with Crippen molar-refractivity contribution >= 4 is 17.6 Å². The molecule has 1 fully saturated rings. The average Bonchev–Trinajstić information content (AvgIpc) is 2.74. The molecule has 0 unspecified atom stereocenters. The molecule has 10 nitrogen and oxygen atoms in total. The molecule has 1 aromatic carbocycles. The maximum Gasteiger partial charge on any atom is 0.323 e. The van der Waals surface area contributed by atoms with Gasteiger partial charge >= 0.3 is 5.97 Å². The Hall–Kier alpha value is -3.27. The number of hydrogen-bond acceptors (Lipinski definition) is 8. The second-order valence-corrected chi connectivity index (χ2v) is 6.39. The van der Waals surface area contributed by atoms with Crippen LogP contribution >= 0.6 is 0 Å². The molecular weight excluding hydrogens is 380 g/mol. The summed E-state index contributed by atoms with van der Waals surface area (Å²) in [5.74, 6) is 0.484. The highest BCUT2D eigenvalue weighted by Gasteiger charge is 2.20. The van der Waals surface area contributed by atoms with Crippen LogP contribution in [0.3, 0.4) is 0 Å². The summed E-state index contributed by atoms with van der Waals surface area (Å²) in [6, 6.07) is 5.37. The second kappa shape index (κ2) is 9.28. The van der Waals surface area contributed by atoms with Gasteiger partial charge < -0.3 is 29.5 Å². The van der Waals surface area contributed by atoms with Crippen LogP contribution in [0.5, 0.6) is 11.5 Å². The lowest BCUT2D eigenvalue weighted by Gasteiger charge is -2.29. The molecule has 0 bridgehead atoms. The van der Waals surface area contributed by atoms with Crippen molar-refractivity contribution in [2.45, 2.75) is 13.1 Å². The standard InChI is InChI=1S/C19H24N4O6/c1-27-14-4-3-13(16(9-14)28-2)10-20-15-11-21-19(22-5-7-29-8-6-22)23(18(15)26)12-17(24)25/h3-4,9,11,20H,5-8,10,12H2,1-2H3,(H,24,25). The van der Waals surface area contributed by atoms with Crippen LogP contribution in [0, 0.1) is 0 Å². The molecule has 1 saturated heterocycles. The number of carbonyl (C=O) groups is 1. The average molecular weight is 404 g/mol. The number of carboxylic acids is 1. The first-order chi connectivity index (χ1) is 14.0. The van der Waals surface area contributed by atoms with Crippen molar-refractivity contribution in [1.82, 2.24) is 9.55 Å². The van der Waals surface area contributed by atoms with Gasteiger partial charge in [-0.15, -0.1) is 0 Å². The normalized spacial score (nSPS) is 13.8. The highest BCUT2D eigenvalue weighted by atomic mass is 16.5. The van der Waals surface area contributed by atoms with Gasteiger partial charge in [-0.2, -0.15) is 0 Å². The molecule has 2 heterocycles. The minimum atomic E-state index is -1.11. The Kier molecular flexibility index (Phi) is 6.55. The number of nitrogens with zero attached hydrogens (tertiary/aromatic N) is 3. The lowest BCUT2D eigenvalue weighted by atomic mass is 10.2. The number of anilines is 2. The number of methoxy groups -OCH3 is 2. The Balaban J connectivity index is 1.86. The predicted molar refractivity (Wildman–Crippen MR) is 106 cm³/mol. The summed E-state index contributed by atoms with van der Waals surface area (Å²) in [7, 11) is 3.12. The number of carboxylic acid groups (broad SMARTS) is 1. The number of rotatable bonds is 8. The number of nitrogens with one attached hydrogen (secondary N) is 1. The largest absolute Gasteiger partial charge is 0.497 e. The molecule has 0 radical (unpaired) electrons. The minimum absolute atomic E-state index is 0.209. The minimum Gasteiger partial charge on any atom is -0.497 e. The first kappa shape index (κ1) is 20.5. The van der Waals surface area contributed by atoms with E-state index < -0.39 is 18.1 Å². The number of benzene rings is 1. The van der Waals surface area contributed by atoms with E-state index in [1.807, 2.05) is 11.0 Å². The molecule has 0 atom stereocenters. The van der Waals surface area contributed by atoms with Gasteiger partial charge in [-0.05, 0) is 12.1 Å². The molecule has 2 aromatic rings. The van der Waals surface area contributed by atoms with Crippen molar-refractivity contribution in [3.05, 3.63) is 40.3 Å². The molecule has 1 aliphatic heterocycles. The fourth-order valence-electron chi connectivity index (χ4n) is 3.09. The molecule has 0 aliphatic carbocycles. The van der Waals surface area contributed by atoms with Crippen LogP contribution in [-0.4, -0.2) is 61.1 Å². The van der Waals surface area contributed by atoms with Crippen LogP contribution in [0.25, 0.3) is 0 Å². The Labute approximate surface area is 167 Å². The number of morpholine rings is 1. The van der Waals surface area contributed by atoms with E-state index in [0.29, 0.717) is 50.3 Å². The van der Waals surface area contributed by atoms with Crippen LogP contribution in [0.4, 0.5) is 11.6 Å². The Morgan fingerprint density at radius 3 is 2.69 bits per heavy atom. The third-order valence-corrected chi connectivity index (χ3v) is 4.58. The molecule has 29 heavy (non-hydrogen) atoms. The van der Waals surface area contributed by atoms with Crippen molar-refractivity contribution in [3.8, 4) is 11.5 Å². The number of ether oxygens (including phenoxy) is 3. The maximum atomic E-state index is 12.9. The molecule has 0 saturated carbocycles. The number of aliphatic carboxylic acids is 1. The molecule has 2 N–H and O–H groups in total. The van der Waals surface area contributed by atoms with Crippen molar-refractivity contribution < 1.29 is 24.1 Å². The molecule has 1 aliphatic rings. The highest BCUT2D eigenvalue weighted by Crippen LogP contribution is 2.25. The number of aromatic nitrogens is 2. The van der Waals surface area contributed by atoms with Crippen LogP contribution in [0.1, 0.15) is 5.56 Å². The topological polar surface area (TPSA) is 115 Å². The summed E-state index contributed by atoms with van der Waals surface area (Å²) in [6.07, 6.45) is 1.43. The lowest BCUT2D eigenvalue weighted by Crippen LogP contribution is -2.41. The third-order valence-electron chi connectivity index (χ3n) is 4.58. The van der Waals surface area contributed by atoms with Gasteiger partial charge in [-0.25, -0.2) is 4.98 Å². The number of hydrogen-bond donors (Lipinski definition) is 2. The van der Waals surface area contributed by atoms with E-state index in [2.05, 4.69) is 10.3 Å². The summed E-state index contributed by atoms with van der Waals surface area (Å²) in [6.45, 7) is 1.91. The first-order valence-corrected chi connectivity index (χ1v) is 9.12. The quantitative estimate of drug-likeness (QED) is 0.659. The van der Waals surface area contributed by atoms with E-state index in [4.69, 9.17) is 14.2 Å². The summed E-state index contributed by atoms with van der Waals surface area (Å²) < 4.78 is 17.0. The fraction of sp³-hybridized carbons (Fsp3) is 0.421. The van der Waals surface area contributed by atoms with Crippen molar-refractivity contribution in [2.24, 2.45) is 0 Å². The molecule has 10 heteroatoms. The van der Waals surface area contributed by atoms with E-state index in [-0.39, 0.29) is 5.69 Å². The van der Waals surface area contributed by atoms with Gasteiger partial charge in [0.05, 0.1) is 33.6 Å². The van der Waals surface area contributed by atoms with Gasteiger partial charge in [0, 0.05) is 31.3 Å². The van der Waals surface area contributed by atoms with E-state index in [1.54, 1.807) is 26.4 Å². The Bertz CT molecular complexity index is 923. The SMILES string of the molecule is COc1ccc(CNc2cnc(N3CCOCC3)n(CC(=O)O)c2=O)c(OC)c1. The molecule has 156 valence electrons. The summed E-state index contributed by atoms with van der Waals surface area (Å²) in [5, 5.41) is 12.3. The van der Waals surface area contributed by atoms with Crippen LogP contribution < -0.4 is 25.2 Å². The van der Waals surface area contributed by atoms with E-state index in [0.717, 1.165) is 5.56 Å². The smallest absolute Gasteiger partial charge is 0.323 e. The molecule has 0 amide bonds. The summed E-state index contributed by atoms with van der Waals surface area (Å²) in [5.41, 5.74) is 0.576. The molecular formula is C19H24N4O6. The summed E-state index contributed by atoms with van der Waals surface area (Å²) >= 11 is 0. The van der Waals surface area contributed by atoms with Crippen molar-refractivity contribution in [3.63, 3.8) is 0 Å². The lowest BCUT2D eigenvalue weighted by molar-refractivity contribution is -0.137. The zero-order chi connectivity index (χ0) is 20.8. The molecule has 3 rings (SSSR count). The molecule has 1 aromatic heterocycles. The molecule has 0 spiro atoms. The van der Waals surface area contributed by atoms with Crippen LogP contribution in [0.15, 0.2) is 29.2 Å². The zero-order valence-corrected chi connectivity index (χ0v) is 16.4. The van der Waals surface area contributed by atoms with Crippen LogP contribution in [-0.2, 0) is 22.6 Å². The van der Waals surface area contributed by atoms with Gasteiger partial charge in [0.2, 0.25) is 5.95 Å². The van der Waals surface area contributed by atoms with E-state index in [1.165, 1.54) is 10.8 Å². The zero-order valence-electron chi connectivity index (χ0n) is 16.4. The fourth-order valence-corrected chi connectivity index (χ4v) is 3.09. The highest BCUT2D eigenvalue weighted by molar-refractivity contribution is 5.67. The first-order valence-electron chi connectivity index (χ1n) is 9.12. The third kappa shape index (κ3) is 4.77. The summed E-state index contributed by atoms with van der Waals surface area (Å²) in [4.78, 5) is 30.4. The monoisotopic (exact) mass is 404 g/mol. The van der Waals surface area contributed by atoms with Gasteiger partial charge in [0.15, 0.2) is 0 Å². The predicted octanol–water partition coefficient (Wildman–Crippen LogP) is 0.794. The second-order valence-electron chi connectivity index (χ2n) is 6.39. The Morgan fingerprint density at radius 1 is 1.28 bits per heavy atom.